The molecule has 33 heavy (non-hydrogen) atoms. The largest absolute Gasteiger partial charge is 0.489 e. The van der Waals surface area contributed by atoms with E-state index in [-0.39, 0.29) is 10.7 Å². The Labute approximate surface area is 192 Å². The first-order chi connectivity index (χ1) is 15.8. The van der Waals surface area contributed by atoms with E-state index in [0.29, 0.717) is 17.9 Å². The standard InChI is InChI=1S/C25H23NO6S/c1-26(17-25(28)29)33(30,31)23-13-11-21(12-14-23)24(27)15-10-19-8-5-9-22(16-19)32-18-20-6-3-2-4-7-20/h2-16H,17-18H2,1H3,(H,28,29)/b15-10+. The van der Waals surface area contributed by atoms with Crippen molar-refractivity contribution in [2.45, 2.75) is 11.5 Å². The van der Waals surface area contributed by atoms with Crippen LogP contribution in [-0.4, -0.2) is 43.2 Å². The van der Waals surface area contributed by atoms with E-state index in [0.717, 1.165) is 15.4 Å². The maximum absolute atomic E-state index is 12.5. The molecule has 0 aliphatic heterocycles. The van der Waals surface area contributed by atoms with E-state index >= 15 is 0 Å². The van der Waals surface area contributed by atoms with Gasteiger partial charge in [-0.25, -0.2) is 8.42 Å². The molecule has 0 atom stereocenters. The van der Waals surface area contributed by atoms with Gasteiger partial charge in [0.1, 0.15) is 18.9 Å². The van der Waals surface area contributed by atoms with Crippen LogP contribution in [0.2, 0.25) is 0 Å². The number of carboxylic acids is 1. The van der Waals surface area contributed by atoms with E-state index < -0.39 is 22.5 Å². The lowest BCUT2D eigenvalue weighted by atomic mass is 10.1. The minimum absolute atomic E-state index is 0.0879. The molecule has 3 aromatic rings. The number of carbonyl (C=O) groups excluding carboxylic acids is 1. The first kappa shape index (κ1) is 23.9. The van der Waals surface area contributed by atoms with Crippen molar-refractivity contribution in [1.82, 2.24) is 4.31 Å². The van der Waals surface area contributed by atoms with Crippen LogP contribution in [-0.2, 0) is 21.4 Å². The molecule has 0 unspecified atom stereocenters. The van der Waals surface area contributed by atoms with Gasteiger partial charge in [0, 0.05) is 12.6 Å². The third-order valence-corrected chi connectivity index (χ3v) is 6.56. The van der Waals surface area contributed by atoms with Crippen LogP contribution in [0.25, 0.3) is 6.08 Å². The molecule has 0 radical (unpaired) electrons. The first-order valence-electron chi connectivity index (χ1n) is 10.0. The van der Waals surface area contributed by atoms with Crippen molar-refractivity contribution in [3.8, 4) is 5.75 Å². The summed E-state index contributed by atoms with van der Waals surface area (Å²) in [6.07, 6.45) is 3.05. The molecule has 7 nitrogen and oxygen atoms in total. The van der Waals surface area contributed by atoms with Crippen LogP contribution >= 0.6 is 0 Å². The summed E-state index contributed by atoms with van der Waals surface area (Å²) < 4.78 is 31.3. The first-order valence-corrected chi connectivity index (χ1v) is 11.5. The number of hydrogen-bond acceptors (Lipinski definition) is 5. The molecule has 3 aromatic carbocycles. The molecule has 0 saturated carbocycles. The Hall–Kier alpha value is -3.75. The molecule has 0 saturated heterocycles. The van der Waals surface area contributed by atoms with Crippen molar-refractivity contribution >= 4 is 27.9 Å². The lowest BCUT2D eigenvalue weighted by Gasteiger charge is -2.14. The number of carbonyl (C=O) groups is 2. The molecule has 8 heteroatoms. The number of carboxylic acid groups (broad SMARTS) is 1. The van der Waals surface area contributed by atoms with Crippen LogP contribution in [0.3, 0.4) is 0 Å². The average Bonchev–Trinajstić information content (AvgIpc) is 2.82. The zero-order valence-electron chi connectivity index (χ0n) is 17.9. The highest BCUT2D eigenvalue weighted by Crippen LogP contribution is 2.18. The topological polar surface area (TPSA) is 101 Å². The number of rotatable bonds is 10. The Morgan fingerprint density at radius 1 is 0.970 bits per heavy atom. The highest BCUT2D eigenvalue weighted by molar-refractivity contribution is 7.89. The van der Waals surface area contributed by atoms with Gasteiger partial charge in [-0.2, -0.15) is 4.31 Å². The Kier molecular flexibility index (Phi) is 7.76. The number of sulfonamides is 1. The molecule has 0 aromatic heterocycles. The Morgan fingerprint density at radius 2 is 1.67 bits per heavy atom. The van der Waals surface area contributed by atoms with Gasteiger partial charge < -0.3 is 9.84 Å². The molecule has 0 bridgehead atoms. The summed E-state index contributed by atoms with van der Waals surface area (Å²) in [5, 5.41) is 8.80. The molecule has 0 fully saturated rings. The van der Waals surface area contributed by atoms with Gasteiger partial charge in [0.25, 0.3) is 0 Å². The average molecular weight is 466 g/mol. The van der Waals surface area contributed by atoms with Crippen molar-refractivity contribution in [2.75, 3.05) is 13.6 Å². The van der Waals surface area contributed by atoms with E-state index in [2.05, 4.69) is 0 Å². The van der Waals surface area contributed by atoms with Crippen molar-refractivity contribution in [1.29, 1.82) is 0 Å². The van der Waals surface area contributed by atoms with Crippen LogP contribution in [0.4, 0.5) is 0 Å². The number of nitrogens with zero attached hydrogens (tertiary/aromatic N) is 1. The Balaban J connectivity index is 1.65. The molecule has 0 aliphatic carbocycles. The molecule has 0 amide bonds. The van der Waals surface area contributed by atoms with Crippen molar-refractivity contribution < 1.29 is 27.9 Å². The number of ether oxygens (including phenoxy) is 1. The molecule has 1 N–H and O–H groups in total. The zero-order chi connectivity index (χ0) is 23.8. The lowest BCUT2D eigenvalue weighted by molar-refractivity contribution is -0.137. The van der Waals surface area contributed by atoms with E-state index in [4.69, 9.17) is 9.84 Å². The van der Waals surface area contributed by atoms with Gasteiger partial charge in [-0.3, -0.25) is 9.59 Å². The predicted octanol–water partition coefficient (Wildman–Crippen LogP) is 3.87. The highest BCUT2D eigenvalue weighted by atomic mass is 32.2. The quantitative estimate of drug-likeness (QED) is 0.360. The van der Waals surface area contributed by atoms with Crippen LogP contribution in [0.5, 0.6) is 5.75 Å². The molecule has 0 spiro atoms. The SMILES string of the molecule is CN(CC(=O)O)S(=O)(=O)c1ccc(C(=O)/C=C/c2cccc(OCc3ccccc3)c2)cc1. The number of ketones is 1. The highest BCUT2D eigenvalue weighted by Gasteiger charge is 2.22. The van der Waals surface area contributed by atoms with Gasteiger partial charge >= 0.3 is 5.97 Å². The summed E-state index contributed by atoms with van der Waals surface area (Å²) in [7, 11) is -2.77. The van der Waals surface area contributed by atoms with Crippen LogP contribution in [0.1, 0.15) is 21.5 Å². The third kappa shape index (κ3) is 6.61. The summed E-state index contributed by atoms with van der Waals surface area (Å²) in [4.78, 5) is 23.2. The second-order valence-electron chi connectivity index (χ2n) is 7.22. The van der Waals surface area contributed by atoms with Crippen molar-refractivity contribution in [2.24, 2.45) is 0 Å². The number of hydrogen-bond donors (Lipinski definition) is 1. The molecule has 0 heterocycles. The summed E-state index contributed by atoms with van der Waals surface area (Å²) >= 11 is 0. The van der Waals surface area contributed by atoms with E-state index in [1.54, 1.807) is 6.08 Å². The van der Waals surface area contributed by atoms with Gasteiger partial charge in [0.2, 0.25) is 10.0 Å². The van der Waals surface area contributed by atoms with E-state index in [1.165, 1.54) is 37.4 Å². The fraction of sp³-hybridized carbons (Fsp3) is 0.120. The smallest absolute Gasteiger partial charge is 0.318 e. The number of benzene rings is 3. The van der Waals surface area contributed by atoms with Crippen LogP contribution in [0, 0.1) is 0 Å². The molecule has 3 rings (SSSR count). The van der Waals surface area contributed by atoms with Crippen molar-refractivity contribution in [3.63, 3.8) is 0 Å². The van der Waals surface area contributed by atoms with Crippen LogP contribution < -0.4 is 4.74 Å². The number of aliphatic carboxylic acids is 1. The molecule has 170 valence electrons. The molecular formula is C25H23NO6S. The fourth-order valence-electron chi connectivity index (χ4n) is 2.96. The molecular weight excluding hydrogens is 442 g/mol. The Morgan fingerprint density at radius 3 is 2.33 bits per heavy atom. The minimum atomic E-state index is -3.95. The minimum Gasteiger partial charge on any atom is -0.489 e. The van der Waals surface area contributed by atoms with Gasteiger partial charge in [-0.1, -0.05) is 48.5 Å². The number of likely N-dealkylation sites (N-methyl/N-ethyl adjacent to an activating group) is 1. The molecule has 0 aliphatic rings. The summed E-state index contributed by atoms with van der Waals surface area (Å²) in [5.74, 6) is -0.880. The summed E-state index contributed by atoms with van der Waals surface area (Å²) in [6, 6.07) is 22.5. The summed E-state index contributed by atoms with van der Waals surface area (Å²) in [6.45, 7) is -0.219. The maximum atomic E-state index is 12.5. The van der Waals surface area contributed by atoms with Gasteiger partial charge in [0.05, 0.1) is 4.90 Å². The van der Waals surface area contributed by atoms with E-state index in [9.17, 15) is 18.0 Å². The monoisotopic (exact) mass is 465 g/mol. The number of allylic oxidation sites excluding steroid dienone is 1. The second-order valence-corrected chi connectivity index (χ2v) is 9.27. The summed E-state index contributed by atoms with van der Waals surface area (Å²) in [5.41, 5.74) is 2.14. The fourth-order valence-corrected chi connectivity index (χ4v) is 4.08. The lowest BCUT2D eigenvalue weighted by Crippen LogP contribution is -2.32. The van der Waals surface area contributed by atoms with E-state index in [1.807, 2.05) is 54.6 Å². The predicted molar refractivity (Wildman–Crippen MR) is 124 cm³/mol. The van der Waals surface area contributed by atoms with Gasteiger partial charge in [0.15, 0.2) is 5.78 Å². The van der Waals surface area contributed by atoms with Gasteiger partial charge in [-0.05, 0) is 53.6 Å². The maximum Gasteiger partial charge on any atom is 0.318 e. The third-order valence-electron chi connectivity index (χ3n) is 4.74. The zero-order valence-corrected chi connectivity index (χ0v) is 18.7. The normalized spacial score (nSPS) is 11.6. The van der Waals surface area contributed by atoms with Crippen molar-refractivity contribution in [3.05, 3.63) is 102 Å². The van der Waals surface area contributed by atoms with Gasteiger partial charge in [-0.15, -0.1) is 0 Å². The van der Waals surface area contributed by atoms with Crippen LogP contribution in [0.15, 0.2) is 89.8 Å². The Bertz CT molecular complexity index is 1250. The second kappa shape index (κ2) is 10.7.